The van der Waals surface area contributed by atoms with Gasteiger partial charge in [-0.1, -0.05) is 22.0 Å². The van der Waals surface area contributed by atoms with Gasteiger partial charge in [-0.05, 0) is 36.4 Å². The molecule has 0 spiro atoms. The molecule has 9 heteroatoms. The quantitative estimate of drug-likeness (QED) is 0.231. The van der Waals surface area contributed by atoms with E-state index in [1.165, 1.54) is 19.4 Å². The average Bonchev–Trinajstić information content (AvgIpc) is 3.16. The molecular formula is C21H14BrN3O5. The van der Waals surface area contributed by atoms with Crippen LogP contribution in [0.2, 0.25) is 0 Å². The lowest BCUT2D eigenvalue weighted by Gasteiger charge is -2.05. The zero-order valence-corrected chi connectivity index (χ0v) is 17.2. The van der Waals surface area contributed by atoms with Crippen LogP contribution in [0.3, 0.4) is 0 Å². The first-order chi connectivity index (χ1) is 14.4. The summed E-state index contributed by atoms with van der Waals surface area (Å²) in [5.41, 5.74) is 2.54. The second-order valence-corrected chi connectivity index (χ2v) is 7.20. The fraction of sp³-hybridized carbons (Fsp3) is 0.0476. The van der Waals surface area contributed by atoms with Gasteiger partial charge in [-0.25, -0.2) is 4.98 Å². The van der Waals surface area contributed by atoms with Crippen LogP contribution in [0.5, 0.6) is 11.5 Å². The number of phenolic OH excluding ortho intramolecular Hbond substituents is 1. The van der Waals surface area contributed by atoms with E-state index in [4.69, 9.17) is 9.15 Å². The van der Waals surface area contributed by atoms with Crippen molar-refractivity contribution in [3.8, 4) is 23.0 Å². The smallest absolute Gasteiger partial charge is 0.274 e. The number of aromatic hydroxyl groups is 1. The Morgan fingerprint density at radius 3 is 2.80 bits per heavy atom. The lowest BCUT2D eigenvalue weighted by molar-refractivity contribution is -0.385. The number of phenols is 1. The van der Waals surface area contributed by atoms with Crippen LogP contribution < -0.4 is 4.74 Å². The Morgan fingerprint density at radius 1 is 1.23 bits per heavy atom. The van der Waals surface area contributed by atoms with Crippen molar-refractivity contribution in [3.63, 3.8) is 0 Å². The predicted molar refractivity (Wildman–Crippen MR) is 116 cm³/mol. The van der Waals surface area contributed by atoms with E-state index in [1.807, 2.05) is 24.3 Å². The van der Waals surface area contributed by atoms with Gasteiger partial charge in [0.2, 0.25) is 5.89 Å². The number of nitro benzene ring substituents is 1. The van der Waals surface area contributed by atoms with E-state index < -0.39 is 4.92 Å². The normalized spacial score (nSPS) is 11.3. The molecule has 0 unspecified atom stereocenters. The number of non-ortho nitro benzene ring substituents is 1. The van der Waals surface area contributed by atoms with E-state index in [0.29, 0.717) is 22.7 Å². The van der Waals surface area contributed by atoms with Gasteiger partial charge in [0.1, 0.15) is 5.52 Å². The Labute approximate surface area is 178 Å². The fourth-order valence-electron chi connectivity index (χ4n) is 2.86. The minimum atomic E-state index is -0.565. The first-order valence-electron chi connectivity index (χ1n) is 8.70. The third-order valence-electron chi connectivity index (χ3n) is 4.32. The van der Waals surface area contributed by atoms with Crippen LogP contribution in [-0.4, -0.2) is 28.3 Å². The molecule has 4 rings (SSSR count). The van der Waals surface area contributed by atoms with E-state index in [2.05, 4.69) is 25.9 Å². The number of aromatic nitrogens is 1. The van der Waals surface area contributed by atoms with Crippen LogP contribution in [0.1, 0.15) is 5.56 Å². The van der Waals surface area contributed by atoms with Crippen molar-refractivity contribution in [2.75, 3.05) is 7.11 Å². The van der Waals surface area contributed by atoms with Crippen molar-refractivity contribution < 1.29 is 19.2 Å². The Kier molecular flexibility index (Phi) is 5.20. The third kappa shape index (κ3) is 3.87. The summed E-state index contributed by atoms with van der Waals surface area (Å²) in [5, 5.41) is 21.3. The zero-order chi connectivity index (χ0) is 21.3. The van der Waals surface area contributed by atoms with Crippen LogP contribution in [0.4, 0.5) is 11.4 Å². The van der Waals surface area contributed by atoms with Crippen molar-refractivity contribution in [1.29, 1.82) is 0 Å². The number of ether oxygens (including phenoxy) is 1. The number of nitrogens with zero attached hydrogens (tertiary/aromatic N) is 3. The maximum absolute atomic E-state index is 11.1. The summed E-state index contributed by atoms with van der Waals surface area (Å²) in [5.74, 6) is 0.246. The molecule has 1 N–H and O–H groups in total. The van der Waals surface area contributed by atoms with Gasteiger partial charge in [0, 0.05) is 27.9 Å². The van der Waals surface area contributed by atoms with Gasteiger partial charge < -0.3 is 14.3 Å². The first-order valence-corrected chi connectivity index (χ1v) is 9.50. The minimum absolute atomic E-state index is 0.00346. The average molecular weight is 468 g/mol. The van der Waals surface area contributed by atoms with Crippen LogP contribution in [-0.2, 0) is 0 Å². The molecule has 0 saturated heterocycles. The van der Waals surface area contributed by atoms with Crippen molar-refractivity contribution in [2.45, 2.75) is 0 Å². The first kappa shape index (κ1) is 19.6. The predicted octanol–water partition coefficient (Wildman–Crippen LogP) is 5.63. The molecule has 150 valence electrons. The number of halogens is 1. The number of nitro groups is 1. The summed E-state index contributed by atoms with van der Waals surface area (Å²) in [6.07, 6.45) is 1.33. The number of oxazole rings is 1. The summed E-state index contributed by atoms with van der Waals surface area (Å²) < 4.78 is 11.7. The molecule has 8 nitrogen and oxygen atoms in total. The van der Waals surface area contributed by atoms with Gasteiger partial charge >= 0.3 is 0 Å². The van der Waals surface area contributed by atoms with E-state index in [9.17, 15) is 15.2 Å². The largest absolute Gasteiger partial charge is 0.504 e. The minimum Gasteiger partial charge on any atom is -0.504 e. The standard InChI is InChI=1S/C21H14BrN3O5/c1-29-19-10-16(25(27)28)8-13(20(19)26)11-23-15-5-6-18-17(9-15)24-21(30-18)12-3-2-4-14(22)7-12/h2-11,26H,1H3. The molecule has 30 heavy (non-hydrogen) atoms. The molecule has 0 fully saturated rings. The monoisotopic (exact) mass is 467 g/mol. The number of aliphatic imine (C=N–C) groups is 1. The molecule has 4 aromatic rings. The molecule has 0 aliphatic heterocycles. The number of hydrogen-bond acceptors (Lipinski definition) is 7. The third-order valence-corrected chi connectivity index (χ3v) is 4.81. The summed E-state index contributed by atoms with van der Waals surface area (Å²) in [7, 11) is 1.32. The van der Waals surface area contributed by atoms with Crippen molar-refractivity contribution in [3.05, 3.63) is 74.7 Å². The van der Waals surface area contributed by atoms with E-state index >= 15 is 0 Å². The van der Waals surface area contributed by atoms with Gasteiger partial charge in [-0.2, -0.15) is 0 Å². The fourth-order valence-corrected chi connectivity index (χ4v) is 3.26. The van der Waals surface area contributed by atoms with Gasteiger partial charge in [0.25, 0.3) is 5.69 Å². The van der Waals surface area contributed by atoms with Crippen molar-refractivity contribution in [1.82, 2.24) is 4.98 Å². The molecule has 3 aromatic carbocycles. The van der Waals surface area contributed by atoms with E-state index in [-0.39, 0.29) is 22.7 Å². The van der Waals surface area contributed by atoms with E-state index in [1.54, 1.807) is 18.2 Å². The summed E-state index contributed by atoms with van der Waals surface area (Å²) in [4.78, 5) is 19.3. The van der Waals surface area contributed by atoms with Gasteiger partial charge in [-0.3, -0.25) is 15.1 Å². The van der Waals surface area contributed by atoms with Gasteiger partial charge in [0.15, 0.2) is 17.1 Å². The Balaban J connectivity index is 1.68. The Bertz CT molecular complexity index is 1300. The molecule has 0 amide bonds. The second-order valence-electron chi connectivity index (χ2n) is 6.28. The Hall–Kier alpha value is -3.72. The number of benzene rings is 3. The Morgan fingerprint density at radius 2 is 2.07 bits per heavy atom. The summed E-state index contributed by atoms with van der Waals surface area (Å²) in [6.45, 7) is 0. The highest BCUT2D eigenvalue weighted by Gasteiger charge is 2.16. The molecule has 0 atom stereocenters. The summed E-state index contributed by atoms with van der Waals surface area (Å²) in [6, 6.07) is 15.2. The molecule has 0 aliphatic carbocycles. The summed E-state index contributed by atoms with van der Waals surface area (Å²) >= 11 is 3.43. The number of fused-ring (bicyclic) bond motifs is 1. The maximum atomic E-state index is 11.1. The number of hydrogen-bond donors (Lipinski definition) is 1. The van der Waals surface area contributed by atoms with Crippen LogP contribution in [0.15, 0.2) is 68.5 Å². The van der Waals surface area contributed by atoms with Crippen molar-refractivity contribution in [2.24, 2.45) is 4.99 Å². The maximum Gasteiger partial charge on any atom is 0.274 e. The molecule has 1 aromatic heterocycles. The number of methoxy groups -OCH3 is 1. The SMILES string of the molecule is COc1cc([N+](=O)[O-])cc(C=Nc2ccc3oc(-c4cccc(Br)c4)nc3c2)c1O. The topological polar surface area (TPSA) is 111 Å². The molecular weight excluding hydrogens is 454 g/mol. The van der Waals surface area contributed by atoms with Gasteiger partial charge in [-0.15, -0.1) is 0 Å². The second kappa shape index (κ2) is 7.96. The molecule has 0 aliphatic rings. The zero-order valence-electron chi connectivity index (χ0n) is 15.6. The van der Waals surface area contributed by atoms with Crippen LogP contribution >= 0.6 is 15.9 Å². The van der Waals surface area contributed by atoms with Crippen molar-refractivity contribution >= 4 is 44.6 Å². The van der Waals surface area contributed by atoms with Crippen LogP contribution in [0, 0.1) is 10.1 Å². The highest BCUT2D eigenvalue weighted by Crippen LogP contribution is 2.34. The van der Waals surface area contributed by atoms with Crippen LogP contribution in [0.25, 0.3) is 22.6 Å². The lowest BCUT2D eigenvalue weighted by atomic mass is 10.1. The van der Waals surface area contributed by atoms with E-state index in [0.717, 1.165) is 16.1 Å². The molecule has 0 saturated carbocycles. The highest BCUT2D eigenvalue weighted by molar-refractivity contribution is 9.10. The number of rotatable bonds is 5. The molecule has 0 radical (unpaired) electrons. The molecule has 0 bridgehead atoms. The van der Waals surface area contributed by atoms with Gasteiger partial charge in [0.05, 0.1) is 23.8 Å². The highest BCUT2D eigenvalue weighted by atomic mass is 79.9. The molecule has 1 heterocycles. The lowest BCUT2D eigenvalue weighted by Crippen LogP contribution is -1.94.